The number of benzene rings is 3. The van der Waals surface area contributed by atoms with E-state index in [-0.39, 0.29) is 23.8 Å². The van der Waals surface area contributed by atoms with E-state index in [1.165, 1.54) is 18.4 Å². The highest BCUT2D eigenvalue weighted by molar-refractivity contribution is 5.93. The van der Waals surface area contributed by atoms with Crippen LogP contribution in [0.25, 0.3) is 10.8 Å². The molecule has 5 aliphatic rings. The third-order valence-electron chi connectivity index (χ3n) is 11.2. The van der Waals surface area contributed by atoms with Gasteiger partial charge < -0.3 is 24.8 Å². The molecule has 3 fully saturated rings. The molecule has 1 spiro atoms. The van der Waals surface area contributed by atoms with Gasteiger partial charge in [-0.25, -0.2) is 0 Å². The number of aliphatic hydroxyl groups is 1. The van der Waals surface area contributed by atoms with Crippen molar-refractivity contribution in [2.75, 3.05) is 13.1 Å². The van der Waals surface area contributed by atoms with Crippen LogP contribution in [-0.2, 0) is 18.4 Å². The van der Waals surface area contributed by atoms with E-state index in [0.717, 1.165) is 48.7 Å². The van der Waals surface area contributed by atoms with Crippen molar-refractivity contribution in [2.45, 2.75) is 74.3 Å². The Labute approximate surface area is 244 Å². The van der Waals surface area contributed by atoms with Gasteiger partial charge in [0.15, 0.2) is 11.5 Å². The van der Waals surface area contributed by atoms with Crippen LogP contribution in [0.1, 0.15) is 54.8 Å². The quantitative estimate of drug-likeness (QED) is 0.289. The zero-order valence-electron chi connectivity index (χ0n) is 23.6. The lowest BCUT2D eigenvalue weighted by molar-refractivity contribution is -0.196. The molecule has 0 unspecified atom stereocenters. The monoisotopic (exact) mass is 564 g/mol. The molecule has 1 saturated heterocycles. The fraction of sp³-hybridized carbons (Fsp3) is 0.429. The maximum atomic E-state index is 13.0. The Morgan fingerprint density at radius 2 is 1.62 bits per heavy atom. The minimum absolute atomic E-state index is 0.0133. The highest BCUT2D eigenvalue weighted by atomic mass is 16.5. The van der Waals surface area contributed by atoms with Gasteiger partial charge in [0.05, 0.1) is 17.1 Å². The lowest BCUT2D eigenvalue weighted by Crippen LogP contribution is -2.76. The number of likely N-dealkylation sites (tertiary alicyclic amines) is 1. The van der Waals surface area contributed by atoms with E-state index in [1.54, 1.807) is 4.57 Å². The fourth-order valence-electron chi connectivity index (χ4n) is 9.11. The first kappa shape index (κ1) is 24.9. The minimum atomic E-state index is -0.977. The Bertz CT molecular complexity index is 1670. The second-order valence-corrected chi connectivity index (χ2v) is 13.2. The third kappa shape index (κ3) is 3.18. The summed E-state index contributed by atoms with van der Waals surface area (Å²) in [5.41, 5.74) is 1.75. The van der Waals surface area contributed by atoms with E-state index < -0.39 is 17.1 Å². The summed E-state index contributed by atoms with van der Waals surface area (Å²) in [6, 6.07) is 21.4. The van der Waals surface area contributed by atoms with E-state index in [1.807, 2.05) is 60.7 Å². The fourth-order valence-corrected chi connectivity index (χ4v) is 9.11. The molecule has 3 heterocycles. The van der Waals surface area contributed by atoms with Crippen LogP contribution in [0.2, 0.25) is 0 Å². The van der Waals surface area contributed by atoms with Gasteiger partial charge in [-0.3, -0.25) is 9.47 Å². The largest absolute Gasteiger partial charge is 0.494 e. The first-order valence-electron chi connectivity index (χ1n) is 15.5. The highest BCUT2D eigenvalue weighted by Crippen LogP contribution is 2.68. The Morgan fingerprint density at radius 1 is 0.881 bits per heavy atom. The first-order valence-corrected chi connectivity index (χ1v) is 15.5. The summed E-state index contributed by atoms with van der Waals surface area (Å²) in [5.74, 6) is 2.25. The van der Waals surface area contributed by atoms with E-state index in [2.05, 4.69) is 11.0 Å². The van der Waals surface area contributed by atoms with Gasteiger partial charge in [-0.1, -0.05) is 48.5 Å². The zero-order chi connectivity index (χ0) is 28.2. The summed E-state index contributed by atoms with van der Waals surface area (Å²) in [7, 11) is 0. The van der Waals surface area contributed by atoms with Crippen molar-refractivity contribution >= 4 is 10.8 Å². The highest BCUT2D eigenvalue weighted by Gasteiger charge is 2.73. The van der Waals surface area contributed by atoms with Gasteiger partial charge in [-0.2, -0.15) is 0 Å². The molecule has 3 aromatic carbocycles. The molecule has 2 bridgehead atoms. The molecule has 0 amide bonds. The number of piperidine rings is 1. The van der Waals surface area contributed by atoms with Gasteiger partial charge in [0.1, 0.15) is 12.7 Å². The Balaban J connectivity index is 1.20. The number of aromatic hydroxyl groups is 2. The van der Waals surface area contributed by atoms with Crippen molar-refractivity contribution in [1.82, 2.24) is 9.47 Å². The molecule has 4 aromatic rings. The van der Waals surface area contributed by atoms with E-state index in [9.17, 15) is 15.3 Å². The van der Waals surface area contributed by atoms with Crippen LogP contribution < -0.4 is 9.47 Å². The average Bonchev–Trinajstić information content (AvgIpc) is 3.70. The van der Waals surface area contributed by atoms with Gasteiger partial charge >= 0.3 is 0 Å². The maximum Gasteiger partial charge on any atom is 0.202 e. The normalized spacial score (nSPS) is 31.1. The predicted octanol–water partition coefficient (Wildman–Crippen LogP) is 5.44. The minimum Gasteiger partial charge on any atom is -0.494 e. The summed E-state index contributed by atoms with van der Waals surface area (Å²) < 4.78 is 15.1. The van der Waals surface area contributed by atoms with Crippen molar-refractivity contribution in [3.05, 3.63) is 83.4 Å². The van der Waals surface area contributed by atoms with Crippen molar-refractivity contribution in [2.24, 2.45) is 5.92 Å². The van der Waals surface area contributed by atoms with Crippen LogP contribution in [0.5, 0.6) is 23.3 Å². The van der Waals surface area contributed by atoms with Crippen LogP contribution in [0.15, 0.2) is 66.7 Å². The van der Waals surface area contributed by atoms with Gasteiger partial charge in [-0.15, -0.1) is 0 Å². The molecule has 7 nitrogen and oxygen atoms in total. The van der Waals surface area contributed by atoms with Gasteiger partial charge in [0, 0.05) is 28.9 Å². The molecule has 1 aromatic heterocycles. The van der Waals surface area contributed by atoms with Crippen LogP contribution in [-0.4, -0.2) is 55.6 Å². The lowest BCUT2D eigenvalue weighted by Gasteiger charge is -2.64. The maximum absolute atomic E-state index is 13.0. The van der Waals surface area contributed by atoms with Crippen LogP contribution in [0.3, 0.4) is 0 Å². The summed E-state index contributed by atoms with van der Waals surface area (Å²) in [5, 5.41) is 37.1. The molecule has 2 aliphatic heterocycles. The number of rotatable bonds is 6. The average molecular weight is 565 g/mol. The number of ether oxygens (including phenoxy) is 2. The molecule has 5 atom stereocenters. The SMILES string of the molecule is Oc1c2ccccc2c(O)n1[C@@H]1CC[C@@]2(O)[C@H]3Cc4ccc(OCc5ccccc5)c5c4[C@@]2(CCN3CC2CC2)[C@H]1O5. The molecule has 9 rings (SSSR count). The second kappa shape index (κ2) is 8.68. The van der Waals surface area contributed by atoms with Crippen molar-refractivity contribution < 1.29 is 24.8 Å². The van der Waals surface area contributed by atoms with Crippen molar-refractivity contribution in [3.8, 4) is 23.3 Å². The van der Waals surface area contributed by atoms with E-state index in [0.29, 0.717) is 36.0 Å². The Hall–Kier alpha value is -3.68. The van der Waals surface area contributed by atoms with Crippen LogP contribution in [0, 0.1) is 5.92 Å². The number of hydrogen-bond donors (Lipinski definition) is 3. The van der Waals surface area contributed by atoms with Crippen molar-refractivity contribution in [1.29, 1.82) is 0 Å². The number of nitrogens with zero attached hydrogens (tertiary/aromatic N) is 2. The van der Waals surface area contributed by atoms with Gasteiger partial charge in [0.2, 0.25) is 11.8 Å². The lowest BCUT2D eigenvalue weighted by atomic mass is 9.48. The van der Waals surface area contributed by atoms with E-state index >= 15 is 0 Å². The van der Waals surface area contributed by atoms with E-state index in [4.69, 9.17) is 9.47 Å². The molecule has 7 heteroatoms. The molecule has 0 radical (unpaired) electrons. The Kier molecular flexibility index (Phi) is 5.14. The molecular formula is C35H36N2O5. The number of fused-ring (bicyclic) bond motifs is 1. The zero-order valence-corrected chi connectivity index (χ0v) is 23.6. The van der Waals surface area contributed by atoms with Crippen molar-refractivity contribution in [3.63, 3.8) is 0 Å². The smallest absolute Gasteiger partial charge is 0.202 e. The molecule has 3 aliphatic carbocycles. The number of hydrogen-bond acceptors (Lipinski definition) is 6. The van der Waals surface area contributed by atoms with Gasteiger partial charge in [-0.05, 0) is 80.3 Å². The topological polar surface area (TPSA) is 87.3 Å². The Morgan fingerprint density at radius 3 is 2.36 bits per heavy atom. The summed E-state index contributed by atoms with van der Waals surface area (Å²) in [6.07, 6.45) is 4.81. The summed E-state index contributed by atoms with van der Waals surface area (Å²) >= 11 is 0. The van der Waals surface area contributed by atoms with Gasteiger partial charge in [0.25, 0.3) is 0 Å². The molecule has 2 saturated carbocycles. The molecule has 42 heavy (non-hydrogen) atoms. The second-order valence-electron chi connectivity index (χ2n) is 13.2. The summed E-state index contributed by atoms with van der Waals surface area (Å²) in [4.78, 5) is 2.56. The molecule has 216 valence electrons. The summed E-state index contributed by atoms with van der Waals surface area (Å²) in [6.45, 7) is 2.36. The molecular weight excluding hydrogens is 528 g/mol. The predicted molar refractivity (Wildman–Crippen MR) is 158 cm³/mol. The first-order chi connectivity index (χ1) is 20.5. The molecule has 3 N–H and O–H groups in total. The standard InChI is InChI=1S/C35H36N2O5/c38-32-24-8-4-5-9-25(24)33(39)37(32)26-14-15-35(40)28-18-23-12-13-27(41-20-22-6-2-1-3-7-22)30-29(23)34(35,31(26)42-30)16-17-36(28)19-21-10-11-21/h1-9,12-13,21,26,28,31,38-40H,10-11,14-20H2/t26-,28-,31+,34+,35-/m1/s1. The van der Waals surface area contributed by atoms with Crippen LogP contribution in [0.4, 0.5) is 0 Å². The number of aromatic nitrogens is 1. The third-order valence-corrected chi connectivity index (χ3v) is 11.2. The van der Waals surface area contributed by atoms with Crippen LogP contribution >= 0.6 is 0 Å².